The average Bonchev–Trinajstić information content (AvgIpc) is 2.52. The lowest BCUT2D eigenvalue weighted by Crippen LogP contribution is -2.62. The number of hydrogen-bond donors (Lipinski definition) is 2. The van der Waals surface area contributed by atoms with Crippen molar-refractivity contribution in [1.82, 2.24) is 25.0 Å². The minimum absolute atomic E-state index is 0.0524. The monoisotopic (exact) mass is 379 g/mol. The van der Waals surface area contributed by atoms with Gasteiger partial charge in [0.05, 0.1) is 0 Å². The highest BCUT2D eigenvalue weighted by Crippen LogP contribution is 2.30. The van der Waals surface area contributed by atoms with Crippen molar-refractivity contribution >= 4 is 26.0 Å². The molecular formula is C12H22BrN5O2S. The molecule has 0 saturated carbocycles. The summed E-state index contributed by atoms with van der Waals surface area (Å²) in [5.41, 5.74) is -0.256. The van der Waals surface area contributed by atoms with Crippen molar-refractivity contribution in [2.24, 2.45) is 7.05 Å². The van der Waals surface area contributed by atoms with Crippen LogP contribution in [0.3, 0.4) is 0 Å². The molecule has 7 nitrogen and oxygen atoms in total. The van der Waals surface area contributed by atoms with Gasteiger partial charge in [-0.2, -0.15) is 0 Å². The fourth-order valence-electron chi connectivity index (χ4n) is 3.29. The zero-order valence-corrected chi connectivity index (χ0v) is 15.3. The van der Waals surface area contributed by atoms with Crippen molar-refractivity contribution in [2.45, 2.75) is 62.7 Å². The van der Waals surface area contributed by atoms with Gasteiger partial charge in [-0.05, 0) is 56.5 Å². The van der Waals surface area contributed by atoms with Gasteiger partial charge in [0, 0.05) is 24.2 Å². The molecule has 1 aliphatic heterocycles. The van der Waals surface area contributed by atoms with Gasteiger partial charge in [0.25, 0.3) is 10.0 Å². The molecule has 120 valence electrons. The Labute approximate surface area is 134 Å². The molecule has 2 N–H and O–H groups in total. The van der Waals surface area contributed by atoms with Crippen molar-refractivity contribution < 1.29 is 8.42 Å². The van der Waals surface area contributed by atoms with E-state index in [1.165, 1.54) is 4.68 Å². The van der Waals surface area contributed by atoms with Crippen molar-refractivity contribution in [3.63, 3.8) is 0 Å². The molecule has 0 aromatic carbocycles. The number of halogens is 1. The second-order valence-electron chi connectivity index (χ2n) is 6.93. The molecule has 2 rings (SSSR count). The topological polar surface area (TPSA) is 88.9 Å². The maximum Gasteiger partial charge on any atom is 0.260 e. The van der Waals surface area contributed by atoms with Gasteiger partial charge in [0.1, 0.15) is 0 Å². The summed E-state index contributed by atoms with van der Waals surface area (Å²) in [6, 6.07) is -0.136. The summed E-state index contributed by atoms with van der Waals surface area (Å²) in [6.45, 7) is 8.32. The lowest BCUT2D eigenvalue weighted by Gasteiger charge is -2.46. The molecule has 0 atom stereocenters. The molecular weight excluding hydrogens is 358 g/mol. The first kappa shape index (κ1) is 16.9. The predicted molar refractivity (Wildman–Crippen MR) is 83.3 cm³/mol. The molecule has 21 heavy (non-hydrogen) atoms. The van der Waals surface area contributed by atoms with Crippen molar-refractivity contribution in [3.8, 4) is 0 Å². The number of aromatic nitrogens is 3. The number of piperidine rings is 1. The predicted octanol–water partition coefficient (Wildman–Crippen LogP) is 1.17. The van der Waals surface area contributed by atoms with Crippen LogP contribution in [0.5, 0.6) is 0 Å². The highest BCUT2D eigenvalue weighted by molar-refractivity contribution is 9.10. The van der Waals surface area contributed by atoms with E-state index in [1.807, 2.05) is 0 Å². The van der Waals surface area contributed by atoms with Gasteiger partial charge in [-0.1, -0.05) is 5.21 Å². The molecule has 0 unspecified atom stereocenters. The first-order valence-corrected chi connectivity index (χ1v) is 9.06. The third-order valence-corrected chi connectivity index (χ3v) is 5.91. The Bertz CT molecular complexity index is 603. The van der Waals surface area contributed by atoms with Crippen LogP contribution in [-0.2, 0) is 17.1 Å². The van der Waals surface area contributed by atoms with Crippen molar-refractivity contribution in [1.29, 1.82) is 0 Å². The van der Waals surface area contributed by atoms with E-state index in [0.717, 1.165) is 12.8 Å². The Kier molecular flexibility index (Phi) is 4.25. The standard InChI is InChI=1S/C12H22BrN5O2S/c1-11(2)6-8(7-12(3,4)16-11)15-21(19,20)10-9(13)14-17-18(10)5/h8,15-16H,6-7H2,1-5H3. The molecule has 9 heteroatoms. The van der Waals surface area contributed by atoms with E-state index in [-0.39, 0.29) is 26.7 Å². The number of hydrogen-bond acceptors (Lipinski definition) is 5. The molecule has 1 aliphatic rings. The average molecular weight is 380 g/mol. The Hall–Kier alpha value is -0.510. The van der Waals surface area contributed by atoms with Gasteiger partial charge < -0.3 is 5.32 Å². The summed E-state index contributed by atoms with van der Waals surface area (Å²) < 4.78 is 29.4. The van der Waals surface area contributed by atoms with E-state index < -0.39 is 10.0 Å². The quantitative estimate of drug-likeness (QED) is 0.822. The molecule has 0 spiro atoms. The highest BCUT2D eigenvalue weighted by Gasteiger charge is 2.40. The zero-order chi connectivity index (χ0) is 16.1. The summed E-state index contributed by atoms with van der Waals surface area (Å²) in [7, 11) is -2.11. The van der Waals surface area contributed by atoms with Gasteiger partial charge in [0.15, 0.2) is 4.60 Å². The molecule has 1 aromatic heterocycles. The molecule has 2 heterocycles. The lowest BCUT2D eigenvalue weighted by molar-refractivity contribution is 0.156. The van der Waals surface area contributed by atoms with Crippen molar-refractivity contribution in [2.75, 3.05) is 0 Å². The first-order chi connectivity index (χ1) is 9.42. The lowest BCUT2D eigenvalue weighted by atomic mass is 9.80. The van der Waals surface area contributed by atoms with Crippen LogP contribution in [0.2, 0.25) is 0 Å². The van der Waals surface area contributed by atoms with Crippen LogP contribution >= 0.6 is 15.9 Å². The molecule has 0 aliphatic carbocycles. The molecule has 1 fully saturated rings. The van der Waals surface area contributed by atoms with Gasteiger partial charge in [-0.25, -0.2) is 17.8 Å². The molecule has 1 aromatic rings. The van der Waals surface area contributed by atoms with Crippen LogP contribution in [0.25, 0.3) is 0 Å². The Morgan fingerprint density at radius 2 is 1.81 bits per heavy atom. The van der Waals surface area contributed by atoms with E-state index >= 15 is 0 Å². The van der Waals surface area contributed by atoms with E-state index in [0.29, 0.717) is 0 Å². The number of nitrogens with zero attached hydrogens (tertiary/aromatic N) is 3. The third-order valence-electron chi connectivity index (χ3n) is 3.50. The normalized spacial score (nSPS) is 22.4. The van der Waals surface area contributed by atoms with Crippen LogP contribution in [-0.4, -0.2) is 40.5 Å². The van der Waals surface area contributed by atoms with E-state index in [2.05, 4.69) is 64.0 Å². The van der Waals surface area contributed by atoms with Crippen LogP contribution in [0.1, 0.15) is 40.5 Å². The summed E-state index contributed by atoms with van der Waals surface area (Å²) in [5, 5.41) is 11.0. The van der Waals surface area contributed by atoms with E-state index in [4.69, 9.17) is 0 Å². The second kappa shape index (κ2) is 5.29. The van der Waals surface area contributed by atoms with Crippen molar-refractivity contribution in [3.05, 3.63) is 4.60 Å². The summed E-state index contributed by atoms with van der Waals surface area (Å²) in [6.07, 6.45) is 1.44. The minimum atomic E-state index is -3.66. The second-order valence-corrected chi connectivity index (χ2v) is 9.31. The number of sulfonamides is 1. The Morgan fingerprint density at radius 3 is 2.24 bits per heavy atom. The van der Waals surface area contributed by atoms with E-state index in [9.17, 15) is 8.42 Å². The third kappa shape index (κ3) is 3.82. The van der Waals surface area contributed by atoms with Crippen LogP contribution in [0, 0.1) is 0 Å². The Morgan fingerprint density at radius 1 is 1.29 bits per heavy atom. The van der Waals surface area contributed by atoms with Gasteiger partial charge in [-0.15, -0.1) is 5.10 Å². The van der Waals surface area contributed by atoms with Crippen LogP contribution in [0.15, 0.2) is 9.63 Å². The fraction of sp³-hybridized carbons (Fsp3) is 0.833. The Balaban J connectivity index is 2.25. The summed E-state index contributed by atoms with van der Waals surface area (Å²) >= 11 is 3.14. The van der Waals surface area contributed by atoms with Crippen LogP contribution in [0.4, 0.5) is 0 Å². The summed E-state index contributed by atoms with van der Waals surface area (Å²) in [5.74, 6) is 0. The van der Waals surface area contributed by atoms with Gasteiger partial charge >= 0.3 is 0 Å². The maximum atomic E-state index is 12.6. The number of aryl methyl sites for hydroxylation is 1. The minimum Gasteiger partial charge on any atom is -0.307 e. The maximum absolute atomic E-state index is 12.6. The van der Waals surface area contributed by atoms with Gasteiger partial charge in [-0.3, -0.25) is 0 Å². The largest absolute Gasteiger partial charge is 0.307 e. The molecule has 0 bridgehead atoms. The number of rotatable bonds is 3. The van der Waals surface area contributed by atoms with Crippen LogP contribution < -0.4 is 10.0 Å². The SMILES string of the molecule is Cn1nnc(Br)c1S(=O)(=O)NC1CC(C)(C)NC(C)(C)C1. The summed E-state index contributed by atoms with van der Waals surface area (Å²) in [4.78, 5) is 0. The first-order valence-electron chi connectivity index (χ1n) is 6.79. The highest BCUT2D eigenvalue weighted by atomic mass is 79.9. The molecule has 0 radical (unpaired) electrons. The van der Waals surface area contributed by atoms with E-state index in [1.54, 1.807) is 7.05 Å². The smallest absolute Gasteiger partial charge is 0.260 e. The number of nitrogens with one attached hydrogen (secondary N) is 2. The zero-order valence-electron chi connectivity index (χ0n) is 12.9. The molecule has 0 amide bonds. The fourth-order valence-corrected chi connectivity index (χ4v) is 5.62. The van der Waals surface area contributed by atoms with Gasteiger partial charge in [0.2, 0.25) is 5.03 Å². The molecule has 1 saturated heterocycles.